The van der Waals surface area contributed by atoms with Gasteiger partial charge in [-0.1, -0.05) is 12.0 Å². The number of hydrogen-bond donors (Lipinski definition) is 2. The van der Waals surface area contributed by atoms with Gasteiger partial charge in [0.15, 0.2) is 11.5 Å². The third-order valence-electron chi connectivity index (χ3n) is 5.78. The first-order chi connectivity index (χ1) is 16.6. The van der Waals surface area contributed by atoms with Crippen molar-refractivity contribution in [3.05, 3.63) is 48.3 Å². The van der Waals surface area contributed by atoms with Crippen molar-refractivity contribution in [1.82, 2.24) is 15.3 Å². The number of hydrogen-bond acceptors (Lipinski definition) is 7. The Kier molecular flexibility index (Phi) is 7.33. The molecular weight excluding hydrogens is 432 g/mol. The number of ether oxygens (including phenoxy) is 3. The van der Waals surface area contributed by atoms with Gasteiger partial charge in [0.1, 0.15) is 12.1 Å². The standard InChI is InChI=1S/C26H28N4O4/c1-4-17-7-6-8-19(13-17)29-25-21-14-24(23(32-3)15-22(21)27-16-28-25)34-20-11-9-18(10-12-20)30-26(31)33-5-2/h1,6-8,13-16,18,20H,5,9-12H2,2-3H3,(H,30,31)(H,27,28,29)/t18-,20-. The van der Waals surface area contributed by atoms with Gasteiger partial charge in [-0.05, 0) is 56.9 Å². The van der Waals surface area contributed by atoms with Crippen LogP contribution >= 0.6 is 0 Å². The molecule has 0 atom stereocenters. The normalized spacial score (nSPS) is 17.4. The van der Waals surface area contributed by atoms with Gasteiger partial charge < -0.3 is 24.8 Å². The lowest BCUT2D eigenvalue weighted by molar-refractivity contribution is 0.120. The first-order valence-corrected chi connectivity index (χ1v) is 11.4. The fraction of sp³-hybridized carbons (Fsp3) is 0.346. The zero-order valence-corrected chi connectivity index (χ0v) is 19.3. The summed E-state index contributed by atoms with van der Waals surface area (Å²) in [6.45, 7) is 2.16. The summed E-state index contributed by atoms with van der Waals surface area (Å²) in [7, 11) is 1.61. The van der Waals surface area contributed by atoms with Crippen LogP contribution in [-0.2, 0) is 4.74 Å². The number of rotatable bonds is 7. The average Bonchev–Trinajstić information content (AvgIpc) is 2.85. The third kappa shape index (κ3) is 5.49. The van der Waals surface area contributed by atoms with Gasteiger partial charge in [-0.3, -0.25) is 0 Å². The molecule has 1 aliphatic carbocycles. The van der Waals surface area contributed by atoms with Crippen molar-refractivity contribution < 1.29 is 19.0 Å². The lowest BCUT2D eigenvalue weighted by Gasteiger charge is -2.29. The van der Waals surface area contributed by atoms with E-state index in [9.17, 15) is 4.79 Å². The van der Waals surface area contributed by atoms with Crippen LogP contribution in [0.5, 0.6) is 11.5 Å². The zero-order valence-electron chi connectivity index (χ0n) is 19.3. The molecule has 1 saturated carbocycles. The van der Waals surface area contributed by atoms with Gasteiger partial charge in [0.05, 0.1) is 25.3 Å². The van der Waals surface area contributed by atoms with Crippen molar-refractivity contribution in [3.63, 3.8) is 0 Å². The highest BCUT2D eigenvalue weighted by atomic mass is 16.5. The summed E-state index contributed by atoms with van der Waals surface area (Å²) in [5.74, 6) is 4.53. The Morgan fingerprint density at radius 1 is 1.15 bits per heavy atom. The van der Waals surface area contributed by atoms with Crippen LogP contribution in [0.3, 0.4) is 0 Å². The predicted molar refractivity (Wildman–Crippen MR) is 131 cm³/mol. The molecule has 2 N–H and O–H groups in total. The van der Waals surface area contributed by atoms with Gasteiger partial charge in [-0.25, -0.2) is 14.8 Å². The quantitative estimate of drug-likeness (QED) is 0.489. The Morgan fingerprint density at radius 3 is 2.71 bits per heavy atom. The fourth-order valence-corrected chi connectivity index (χ4v) is 4.08. The number of nitrogens with zero attached hydrogens (tertiary/aromatic N) is 2. The van der Waals surface area contributed by atoms with Crippen LogP contribution in [0.2, 0.25) is 0 Å². The Labute approximate surface area is 199 Å². The lowest BCUT2D eigenvalue weighted by atomic mass is 9.93. The summed E-state index contributed by atoms with van der Waals surface area (Å²) in [5.41, 5.74) is 2.35. The van der Waals surface area contributed by atoms with Crippen LogP contribution < -0.4 is 20.1 Å². The molecule has 0 bridgehead atoms. The summed E-state index contributed by atoms with van der Waals surface area (Å²) in [6.07, 6.45) is 9.95. The van der Waals surface area contributed by atoms with E-state index in [0.29, 0.717) is 23.9 Å². The SMILES string of the molecule is C#Cc1cccc(Nc2ncnc3cc(OC)c(O[C@H]4CC[C@H](NC(=O)OCC)CC4)cc23)c1. The van der Waals surface area contributed by atoms with Gasteiger partial charge in [-0.15, -0.1) is 6.42 Å². The van der Waals surface area contributed by atoms with Crippen LogP contribution in [0.1, 0.15) is 38.2 Å². The predicted octanol–water partition coefficient (Wildman–Crippen LogP) is 4.80. The summed E-state index contributed by atoms with van der Waals surface area (Å²) in [4.78, 5) is 20.5. The number of alkyl carbamates (subject to hydrolysis) is 1. The molecule has 3 aromatic rings. The minimum atomic E-state index is -0.365. The van der Waals surface area contributed by atoms with E-state index in [0.717, 1.165) is 47.8 Å². The molecule has 1 aliphatic rings. The Bertz CT molecular complexity index is 1200. The summed E-state index contributed by atoms with van der Waals surface area (Å²) >= 11 is 0. The molecule has 0 spiro atoms. The molecule has 1 aromatic heterocycles. The van der Waals surface area contributed by atoms with Crippen LogP contribution in [0, 0.1) is 12.3 Å². The summed E-state index contributed by atoms with van der Waals surface area (Å²) < 4.78 is 16.9. The molecule has 1 amide bonds. The van der Waals surface area contributed by atoms with Crippen molar-refractivity contribution in [2.24, 2.45) is 0 Å². The number of nitrogens with one attached hydrogen (secondary N) is 2. The van der Waals surface area contributed by atoms with Crippen molar-refractivity contribution >= 4 is 28.5 Å². The second-order valence-corrected chi connectivity index (χ2v) is 8.05. The maximum Gasteiger partial charge on any atom is 0.407 e. The second-order valence-electron chi connectivity index (χ2n) is 8.05. The summed E-state index contributed by atoms with van der Waals surface area (Å²) in [5, 5.41) is 7.05. The lowest BCUT2D eigenvalue weighted by Crippen LogP contribution is -2.40. The first kappa shape index (κ1) is 23.2. The van der Waals surface area contributed by atoms with Crippen LogP contribution in [0.25, 0.3) is 10.9 Å². The highest BCUT2D eigenvalue weighted by Crippen LogP contribution is 2.37. The number of benzene rings is 2. The monoisotopic (exact) mass is 460 g/mol. The number of aromatic nitrogens is 2. The molecule has 8 heteroatoms. The maximum absolute atomic E-state index is 11.7. The van der Waals surface area contributed by atoms with E-state index in [1.807, 2.05) is 36.4 Å². The van der Waals surface area contributed by atoms with Gasteiger partial charge in [0.25, 0.3) is 0 Å². The number of fused-ring (bicyclic) bond motifs is 1. The molecule has 34 heavy (non-hydrogen) atoms. The smallest absolute Gasteiger partial charge is 0.407 e. The summed E-state index contributed by atoms with van der Waals surface area (Å²) in [6, 6.07) is 11.4. The molecule has 2 aromatic carbocycles. The largest absolute Gasteiger partial charge is 0.493 e. The fourth-order valence-electron chi connectivity index (χ4n) is 4.08. The van der Waals surface area contributed by atoms with Gasteiger partial charge in [0, 0.05) is 28.7 Å². The number of anilines is 2. The van der Waals surface area contributed by atoms with E-state index < -0.39 is 0 Å². The van der Waals surface area contributed by atoms with Crippen LogP contribution in [0.15, 0.2) is 42.7 Å². The first-order valence-electron chi connectivity index (χ1n) is 11.4. The molecule has 0 aliphatic heterocycles. The van der Waals surface area contributed by atoms with E-state index in [4.69, 9.17) is 20.6 Å². The molecular formula is C26H28N4O4. The van der Waals surface area contributed by atoms with Crippen molar-refractivity contribution in [1.29, 1.82) is 0 Å². The molecule has 1 fully saturated rings. The number of carbonyl (C=O) groups is 1. The number of methoxy groups -OCH3 is 1. The second kappa shape index (κ2) is 10.8. The van der Waals surface area contributed by atoms with Crippen LogP contribution in [-0.4, -0.2) is 41.9 Å². The van der Waals surface area contributed by atoms with Gasteiger partial charge >= 0.3 is 6.09 Å². The Morgan fingerprint density at radius 2 is 1.97 bits per heavy atom. The van der Waals surface area contributed by atoms with E-state index in [-0.39, 0.29) is 18.2 Å². The molecule has 0 radical (unpaired) electrons. The topological polar surface area (TPSA) is 94.6 Å². The minimum absolute atomic E-state index is 0.0138. The number of amides is 1. The molecule has 176 valence electrons. The number of terminal acetylenes is 1. The molecule has 8 nitrogen and oxygen atoms in total. The Hall–Kier alpha value is -3.99. The van der Waals surface area contributed by atoms with Gasteiger partial charge in [0.2, 0.25) is 0 Å². The minimum Gasteiger partial charge on any atom is -0.493 e. The van der Waals surface area contributed by atoms with Crippen LogP contribution in [0.4, 0.5) is 16.3 Å². The van der Waals surface area contributed by atoms with Crippen molar-refractivity contribution in [2.45, 2.75) is 44.8 Å². The van der Waals surface area contributed by atoms with E-state index in [1.54, 1.807) is 14.0 Å². The zero-order chi connectivity index (χ0) is 23.9. The maximum atomic E-state index is 11.7. The van der Waals surface area contributed by atoms with Crippen molar-refractivity contribution in [3.8, 4) is 23.8 Å². The Balaban J connectivity index is 1.52. The van der Waals surface area contributed by atoms with E-state index in [2.05, 4.69) is 26.5 Å². The molecule has 0 unspecified atom stereocenters. The highest BCUT2D eigenvalue weighted by Gasteiger charge is 2.25. The van der Waals surface area contributed by atoms with Gasteiger partial charge in [-0.2, -0.15) is 0 Å². The van der Waals surface area contributed by atoms with E-state index in [1.165, 1.54) is 6.33 Å². The van der Waals surface area contributed by atoms with Crippen molar-refractivity contribution in [2.75, 3.05) is 19.0 Å². The third-order valence-corrected chi connectivity index (χ3v) is 5.78. The highest BCUT2D eigenvalue weighted by molar-refractivity contribution is 5.93. The number of carbonyl (C=O) groups excluding carboxylic acids is 1. The van der Waals surface area contributed by atoms with E-state index >= 15 is 0 Å². The molecule has 4 rings (SSSR count). The average molecular weight is 461 g/mol. The molecule has 1 heterocycles. The molecule has 0 saturated heterocycles.